The smallest absolute Gasteiger partial charge is 0.264 e. The molecule has 2 aliphatic carbocycles. The molecule has 1 saturated carbocycles. The van der Waals surface area contributed by atoms with Gasteiger partial charge in [-0.05, 0) is 97.2 Å². The Hall–Kier alpha value is -2.67. The molecule has 2 bridgehead atoms. The van der Waals surface area contributed by atoms with Crippen LogP contribution in [-0.4, -0.2) is 112 Å². The summed E-state index contributed by atoms with van der Waals surface area (Å²) in [6.07, 6.45) is 8.85. The van der Waals surface area contributed by atoms with Gasteiger partial charge in [0.15, 0.2) is 0 Å². The van der Waals surface area contributed by atoms with Gasteiger partial charge < -0.3 is 19.5 Å². The van der Waals surface area contributed by atoms with Crippen LogP contribution in [0.2, 0.25) is 5.02 Å². The fourth-order valence-corrected chi connectivity index (χ4v) is 11.3. The Morgan fingerprint density at radius 2 is 1.87 bits per heavy atom. The molecule has 52 heavy (non-hydrogen) atoms. The van der Waals surface area contributed by atoms with Crippen LogP contribution in [0.25, 0.3) is 0 Å². The lowest BCUT2D eigenvalue weighted by Gasteiger charge is -2.51. The Labute approximate surface area is 313 Å². The van der Waals surface area contributed by atoms with Crippen LogP contribution in [0.4, 0.5) is 5.69 Å². The highest BCUT2D eigenvalue weighted by atomic mass is 35.5. The Morgan fingerprint density at radius 1 is 1.06 bits per heavy atom. The van der Waals surface area contributed by atoms with Gasteiger partial charge in [0.1, 0.15) is 5.75 Å². The zero-order valence-electron chi connectivity index (χ0n) is 30.4. The van der Waals surface area contributed by atoms with E-state index in [1.165, 1.54) is 11.1 Å². The van der Waals surface area contributed by atoms with Gasteiger partial charge in [0.25, 0.3) is 5.91 Å². The lowest BCUT2D eigenvalue weighted by molar-refractivity contribution is -0.0940. The van der Waals surface area contributed by atoms with Crippen LogP contribution in [0.15, 0.2) is 48.6 Å². The molecule has 0 radical (unpaired) electrons. The number of allylic oxidation sites excluding steroid dienone is 1. The summed E-state index contributed by atoms with van der Waals surface area (Å²) < 4.78 is 41.1. The molecule has 2 saturated heterocycles. The van der Waals surface area contributed by atoms with Crippen LogP contribution >= 0.6 is 11.6 Å². The van der Waals surface area contributed by atoms with Crippen LogP contribution in [-0.2, 0) is 26.6 Å². The lowest BCUT2D eigenvalue weighted by atomic mass is 9.63. The first-order chi connectivity index (χ1) is 24.9. The van der Waals surface area contributed by atoms with E-state index in [0.29, 0.717) is 38.0 Å². The molecular weight excluding hydrogens is 700 g/mol. The van der Waals surface area contributed by atoms with E-state index < -0.39 is 21.5 Å². The monoisotopic (exact) mass is 752 g/mol. The number of halogens is 1. The van der Waals surface area contributed by atoms with Crippen LogP contribution in [0.1, 0.15) is 61.0 Å². The number of nitrogens with zero attached hydrogens (tertiary/aromatic N) is 3. The summed E-state index contributed by atoms with van der Waals surface area (Å²) in [4.78, 5) is 20.8. The summed E-state index contributed by atoms with van der Waals surface area (Å²) >= 11 is 6.48. The molecule has 2 N–H and O–H groups in total. The molecule has 1 spiro atoms. The van der Waals surface area contributed by atoms with Crippen molar-refractivity contribution >= 4 is 33.2 Å². The average Bonchev–Trinajstić information content (AvgIpc) is 3.21. The number of nitrogens with one attached hydrogen (secondary N) is 1. The number of ether oxygens (including phenoxy) is 2. The van der Waals surface area contributed by atoms with E-state index in [-0.39, 0.29) is 40.4 Å². The predicted octanol–water partition coefficient (Wildman–Crippen LogP) is 4.49. The van der Waals surface area contributed by atoms with Crippen molar-refractivity contribution in [3.8, 4) is 5.75 Å². The largest absolute Gasteiger partial charge is 0.490 e. The molecule has 12 heteroatoms. The summed E-state index contributed by atoms with van der Waals surface area (Å²) in [6, 6.07) is 12.0. The third-order valence-electron chi connectivity index (χ3n) is 13.2. The minimum Gasteiger partial charge on any atom is -0.490 e. The van der Waals surface area contributed by atoms with E-state index in [1.807, 2.05) is 38.1 Å². The summed E-state index contributed by atoms with van der Waals surface area (Å²) in [5.41, 5.74) is 2.20. The number of benzene rings is 2. The number of carbonyl (C=O) groups excluding carboxylic acids is 1. The Kier molecular flexibility index (Phi) is 9.91. The first-order valence-electron chi connectivity index (χ1n) is 19.2. The number of rotatable bonds is 3. The van der Waals surface area contributed by atoms with Crippen molar-refractivity contribution in [1.29, 1.82) is 0 Å². The van der Waals surface area contributed by atoms with Crippen LogP contribution in [0.3, 0.4) is 0 Å². The third kappa shape index (κ3) is 7.13. The molecule has 8 rings (SSSR count). The minimum atomic E-state index is -3.93. The maximum absolute atomic E-state index is 13.5. The second-order valence-corrected chi connectivity index (χ2v) is 18.8. The van der Waals surface area contributed by atoms with Gasteiger partial charge in [-0.1, -0.05) is 43.7 Å². The van der Waals surface area contributed by atoms with E-state index in [2.05, 4.69) is 31.6 Å². The Balaban J connectivity index is 1.15. The van der Waals surface area contributed by atoms with Gasteiger partial charge in [-0.3, -0.25) is 14.6 Å². The molecule has 4 aliphatic heterocycles. The van der Waals surface area contributed by atoms with E-state index in [0.717, 1.165) is 82.2 Å². The number of aryl methyl sites for hydroxylation is 1. The first kappa shape index (κ1) is 36.3. The van der Waals surface area contributed by atoms with E-state index >= 15 is 0 Å². The number of sulfonamides is 1. The topological polar surface area (TPSA) is 112 Å². The summed E-state index contributed by atoms with van der Waals surface area (Å²) in [7, 11) is -3.93. The average molecular weight is 753 g/mol. The summed E-state index contributed by atoms with van der Waals surface area (Å²) in [6.45, 7) is 11.6. The second-order valence-electron chi connectivity index (χ2n) is 16.6. The van der Waals surface area contributed by atoms with Crippen molar-refractivity contribution in [2.75, 3.05) is 76.3 Å². The summed E-state index contributed by atoms with van der Waals surface area (Å²) in [5.74, 6) is -0.332. The number of fused-ring (bicyclic) bond motifs is 4. The Bertz CT molecular complexity index is 1810. The van der Waals surface area contributed by atoms with Crippen molar-refractivity contribution in [3.63, 3.8) is 0 Å². The number of β-amino-alcohol motifs (C(OH)–C–C–N with tert-alkyl or cyclic N) is 1. The van der Waals surface area contributed by atoms with Crippen molar-refractivity contribution in [3.05, 3.63) is 70.3 Å². The fraction of sp³-hybridized carbons (Fsp3) is 0.625. The molecule has 3 fully saturated rings. The van der Waals surface area contributed by atoms with Gasteiger partial charge in [0, 0.05) is 61.8 Å². The van der Waals surface area contributed by atoms with Crippen molar-refractivity contribution in [2.24, 2.45) is 23.7 Å². The molecule has 6 aliphatic rings. The van der Waals surface area contributed by atoms with Crippen LogP contribution in [0.5, 0.6) is 5.75 Å². The van der Waals surface area contributed by atoms with Crippen molar-refractivity contribution < 1.29 is 27.8 Å². The SMILES string of the molecule is C[C@@H]1CS(=O)(=O)NC(=O)c2ccc3c(c2)N(C[C@@H]2CC[C@H]2[C@@](O)(CN2CCN(C4COC4)CC2)/C=C/[C@@H]1C)C[C@@]1(CCCc2cc(Cl)ccc21)CO3. The van der Waals surface area contributed by atoms with Gasteiger partial charge in [0.2, 0.25) is 10.0 Å². The quantitative estimate of drug-likeness (QED) is 0.439. The van der Waals surface area contributed by atoms with Gasteiger partial charge in [-0.2, -0.15) is 0 Å². The molecular formula is C40H53ClN4O6S. The molecule has 0 aromatic heterocycles. The summed E-state index contributed by atoms with van der Waals surface area (Å²) in [5, 5.41) is 13.6. The zero-order valence-corrected chi connectivity index (χ0v) is 32.0. The number of anilines is 1. The molecule has 2 aromatic carbocycles. The lowest BCUT2D eigenvalue weighted by Crippen LogP contribution is -2.60. The molecule has 4 heterocycles. The Morgan fingerprint density at radius 3 is 2.60 bits per heavy atom. The second kappa shape index (κ2) is 14.2. The fourth-order valence-electron chi connectivity index (χ4n) is 9.60. The van der Waals surface area contributed by atoms with Crippen molar-refractivity contribution in [2.45, 2.75) is 63.0 Å². The van der Waals surface area contributed by atoms with Crippen LogP contribution in [0, 0.1) is 23.7 Å². The minimum absolute atomic E-state index is 0.0217. The first-order valence-corrected chi connectivity index (χ1v) is 21.2. The molecule has 10 nitrogen and oxygen atoms in total. The third-order valence-corrected chi connectivity index (χ3v) is 14.8. The normalized spacial score (nSPS) is 34.8. The number of hydrogen-bond acceptors (Lipinski definition) is 9. The number of carbonyl (C=O) groups is 1. The standard InChI is InChI=1S/C40H53ClN4O6S/c1-27-11-13-40(47,25-43-14-16-44(17-15-43)33-21-50-22-33)35-8-5-31(35)20-45-24-39(12-3-4-29-18-32(41)7-9-34(29)39)26-51-37-10-6-30(19-36(37)45)38(46)42-52(48,49)23-28(27)2/h6-7,9-11,13,18-19,27-28,31,33,35,47H,3-5,8,12,14-17,20-26H2,1-2H3,(H,42,46)/b13-11+/t27-,28+,31-,35+,39-,40-/m0/s1. The number of amides is 1. The number of hydrogen-bond donors (Lipinski definition) is 2. The van der Waals surface area contributed by atoms with Crippen molar-refractivity contribution in [1.82, 2.24) is 14.5 Å². The van der Waals surface area contributed by atoms with Gasteiger partial charge in [-0.15, -0.1) is 0 Å². The number of piperazine rings is 1. The van der Waals surface area contributed by atoms with E-state index in [1.54, 1.807) is 12.1 Å². The maximum atomic E-state index is 13.5. The maximum Gasteiger partial charge on any atom is 0.264 e. The molecule has 1 amide bonds. The van der Waals surface area contributed by atoms with Gasteiger partial charge in [-0.25, -0.2) is 13.1 Å². The van der Waals surface area contributed by atoms with Gasteiger partial charge in [0.05, 0.1) is 42.9 Å². The van der Waals surface area contributed by atoms with Gasteiger partial charge >= 0.3 is 0 Å². The molecule has 6 atom stereocenters. The highest BCUT2D eigenvalue weighted by molar-refractivity contribution is 7.90. The molecule has 282 valence electrons. The van der Waals surface area contributed by atoms with E-state index in [4.69, 9.17) is 21.1 Å². The highest BCUT2D eigenvalue weighted by Crippen LogP contribution is 2.48. The number of aliphatic hydroxyl groups is 1. The van der Waals surface area contributed by atoms with E-state index in [9.17, 15) is 18.3 Å². The predicted molar refractivity (Wildman–Crippen MR) is 203 cm³/mol. The zero-order chi connectivity index (χ0) is 36.3. The molecule has 0 unspecified atom stereocenters. The highest BCUT2D eigenvalue weighted by Gasteiger charge is 2.49. The molecule has 2 aromatic rings. The van der Waals surface area contributed by atoms with Crippen LogP contribution < -0.4 is 14.4 Å².